The summed E-state index contributed by atoms with van der Waals surface area (Å²) in [5.41, 5.74) is -0.548. The zero-order chi connectivity index (χ0) is 15.7. The third-order valence-corrected chi connectivity index (χ3v) is 3.92. The Labute approximate surface area is 123 Å². The Kier molecular flexibility index (Phi) is 4.87. The molecule has 2 N–H and O–H groups in total. The zero-order valence-corrected chi connectivity index (χ0v) is 12.9. The number of halogens is 2. The Morgan fingerprint density at radius 3 is 2.40 bits per heavy atom. The van der Waals surface area contributed by atoms with E-state index in [9.17, 15) is 22.4 Å². The van der Waals surface area contributed by atoms with Crippen LogP contribution in [0.1, 0.15) is 17.3 Å². The molecule has 1 rings (SSSR count). The lowest BCUT2D eigenvalue weighted by Crippen LogP contribution is -2.38. The van der Waals surface area contributed by atoms with Gasteiger partial charge in [-0.2, -0.15) is 0 Å². The molecule has 0 fully saturated rings. The fourth-order valence-electron chi connectivity index (χ4n) is 1.34. The number of rotatable bonds is 4. The number of hydrogen-bond acceptors (Lipinski definition) is 4. The highest BCUT2D eigenvalue weighted by molar-refractivity contribution is 9.10. The van der Waals surface area contributed by atoms with Gasteiger partial charge in [0.25, 0.3) is 5.91 Å². The molecule has 6 nitrogen and oxygen atoms in total. The van der Waals surface area contributed by atoms with Crippen molar-refractivity contribution in [3.63, 3.8) is 0 Å². The van der Waals surface area contributed by atoms with Gasteiger partial charge in [-0.05, 0) is 19.1 Å². The highest BCUT2D eigenvalue weighted by atomic mass is 79.9. The second kappa shape index (κ2) is 5.88. The predicted molar refractivity (Wildman–Crippen MR) is 71.8 cm³/mol. The number of nitrogens with one attached hydrogen (secondary N) is 1. The van der Waals surface area contributed by atoms with Crippen molar-refractivity contribution in [3.8, 4) is 0 Å². The number of carbonyl (C=O) groups is 2. The third kappa shape index (κ3) is 3.76. The van der Waals surface area contributed by atoms with E-state index in [1.165, 1.54) is 6.92 Å². The molecule has 0 aliphatic carbocycles. The van der Waals surface area contributed by atoms with Gasteiger partial charge >= 0.3 is 5.97 Å². The van der Waals surface area contributed by atoms with Crippen LogP contribution < -0.4 is 5.32 Å². The molecular formula is C11H11BrFNO5S. The van der Waals surface area contributed by atoms with Crippen LogP contribution in [-0.4, -0.2) is 37.7 Å². The minimum absolute atomic E-state index is 0.187. The van der Waals surface area contributed by atoms with Crippen LogP contribution in [0.5, 0.6) is 0 Å². The van der Waals surface area contributed by atoms with Gasteiger partial charge in [-0.25, -0.2) is 12.8 Å². The highest BCUT2D eigenvalue weighted by Gasteiger charge is 2.24. The Morgan fingerprint density at radius 1 is 1.40 bits per heavy atom. The summed E-state index contributed by atoms with van der Waals surface area (Å²) in [7, 11) is -3.86. The van der Waals surface area contributed by atoms with Crippen LogP contribution in [0, 0.1) is 5.82 Å². The van der Waals surface area contributed by atoms with E-state index in [0.29, 0.717) is 0 Å². The van der Waals surface area contributed by atoms with E-state index >= 15 is 0 Å². The van der Waals surface area contributed by atoms with Gasteiger partial charge in [0, 0.05) is 10.7 Å². The van der Waals surface area contributed by atoms with Gasteiger partial charge in [-0.15, -0.1) is 0 Å². The number of amides is 1. The first-order valence-corrected chi connectivity index (χ1v) is 7.95. The molecule has 1 aromatic carbocycles. The molecule has 1 atom stereocenters. The first kappa shape index (κ1) is 16.6. The van der Waals surface area contributed by atoms with E-state index in [2.05, 4.69) is 15.9 Å². The number of sulfone groups is 1. The van der Waals surface area contributed by atoms with E-state index in [1.54, 1.807) is 0 Å². The molecule has 0 radical (unpaired) electrons. The van der Waals surface area contributed by atoms with Crippen molar-refractivity contribution in [2.45, 2.75) is 17.9 Å². The minimum atomic E-state index is -3.86. The maximum Gasteiger partial charge on any atom is 0.325 e. The Balaban J connectivity index is 3.30. The van der Waals surface area contributed by atoms with Crippen molar-refractivity contribution < 1.29 is 27.5 Å². The molecule has 0 bridgehead atoms. The molecule has 1 amide bonds. The molecule has 9 heteroatoms. The molecule has 0 aromatic heterocycles. The van der Waals surface area contributed by atoms with Gasteiger partial charge in [-0.3, -0.25) is 9.59 Å². The summed E-state index contributed by atoms with van der Waals surface area (Å²) in [5, 5.41) is 10.7. The molecular weight excluding hydrogens is 357 g/mol. The van der Waals surface area contributed by atoms with Gasteiger partial charge in [0.15, 0.2) is 15.7 Å². The van der Waals surface area contributed by atoms with Crippen LogP contribution in [0.4, 0.5) is 4.39 Å². The maximum atomic E-state index is 14.0. The lowest BCUT2D eigenvalue weighted by molar-refractivity contribution is -0.138. The Morgan fingerprint density at radius 2 is 1.95 bits per heavy atom. The van der Waals surface area contributed by atoms with Crippen molar-refractivity contribution in [2.24, 2.45) is 0 Å². The predicted octanol–water partition coefficient (Wildman–Crippen LogP) is 1.19. The van der Waals surface area contributed by atoms with Crippen molar-refractivity contribution in [1.29, 1.82) is 0 Å². The first-order chi connectivity index (χ1) is 9.04. The van der Waals surface area contributed by atoms with Crippen LogP contribution in [0.15, 0.2) is 21.5 Å². The Bertz CT molecular complexity index is 674. The van der Waals surface area contributed by atoms with E-state index < -0.39 is 44.0 Å². The lowest BCUT2D eigenvalue weighted by Gasteiger charge is -2.11. The molecule has 0 unspecified atom stereocenters. The number of carboxylic acid groups (broad SMARTS) is 1. The molecule has 0 aliphatic rings. The topological polar surface area (TPSA) is 101 Å². The molecule has 0 heterocycles. The van der Waals surface area contributed by atoms with Crippen LogP contribution in [0.2, 0.25) is 0 Å². The summed E-state index contributed by atoms with van der Waals surface area (Å²) < 4.78 is 37.1. The SMILES string of the molecule is C[C@@H](NC(=O)c1cc(Br)cc(S(C)(=O)=O)c1F)C(=O)O. The minimum Gasteiger partial charge on any atom is -0.480 e. The number of carboxylic acids is 1. The monoisotopic (exact) mass is 367 g/mol. The summed E-state index contributed by atoms with van der Waals surface area (Å²) in [6.45, 7) is 1.20. The normalized spacial score (nSPS) is 12.8. The van der Waals surface area contributed by atoms with Crippen molar-refractivity contribution in [1.82, 2.24) is 5.32 Å². The average Bonchev–Trinajstić information content (AvgIpc) is 2.29. The molecule has 0 saturated heterocycles. The van der Waals surface area contributed by atoms with Crippen LogP contribution in [-0.2, 0) is 14.6 Å². The van der Waals surface area contributed by atoms with Gasteiger partial charge in [0.05, 0.1) is 5.56 Å². The fraction of sp³-hybridized carbons (Fsp3) is 0.273. The standard InChI is InChI=1S/C11H11BrFNO5S/c1-5(11(16)17)14-10(15)7-3-6(12)4-8(9(7)13)20(2,18)19/h3-5H,1-2H3,(H,14,15)(H,16,17)/t5-/m1/s1. The summed E-state index contributed by atoms with van der Waals surface area (Å²) in [4.78, 5) is 21.8. The van der Waals surface area contributed by atoms with E-state index in [4.69, 9.17) is 5.11 Å². The van der Waals surface area contributed by atoms with Gasteiger partial charge in [0.1, 0.15) is 10.9 Å². The Hall–Kier alpha value is -1.48. The van der Waals surface area contributed by atoms with Crippen LogP contribution in [0.3, 0.4) is 0 Å². The first-order valence-electron chi connectivity index (χ1n) is 5.26. The van der Waals surface area contributed by atoms with E-state index in [0.717, 1.165) is 18.4 Å². The summed E-state index contributed by atoms with van der Waals surface area (Å²) in [5.74, 6) is -3.52. The summed E-state index contributed by atoms with van der Waals surface area (Å²) in [6.07, 6.45) is 0.805. The maximum absolute atomic E-state index is 14.0. The fourth-order valence-corrected chi connectivity index (χ4v) is 2.72. The number of carbonyl (C=O) groups excluding carboxylic acids is 1. The lowest BCUT2D eigenvalue weighted by atomic mass is 10.2. The highest BCUT2D eigenvalue weighted by Crippen LogP contribution is 2.24. The number of aliphatic carboxylic acids is 1. The van der Waals surface area contributed by atoms with Crippen molar-refractivity contribution >= 4 is 37.6 Å². The molecule has 0 saturated carbocycles. The zero-order valence-electron chi connectivity index (χ0n) is 10.5. The van der Waals surface area contributed by atoms with E-state index in [-0.39, 0.29) is 4.47 Å². The van der Waals surface area contributed by atoms with Gasteiger partial charge in [-0.1, -0.05) is 15.9 Å². The molecule has 0 spiro atoms. The number of benzene rings is 1. The van der Waals surface area contributed by atoms with E-state index in [1.807, 2.05) is 5.32 Å². The van der Waals surface area contributed by atoms with Crippen LogP contribution >= 0.6 is 15.9 Å². The van der Waals surface area contributed by atoms with Crippen molar-refractivity contribution in [3.05, 3.63) is 28.0 Å². The van der Waals surface area contributed by atoms with Crippen molar-refractivity contribution in [2.75, 3.05) is 6.26 Å². The molecule has 110 valence electrons. The summed E-state index contributed by atoms with van der Waals surface area (Å²) >= 11 is 2.98. The third-order valence-electron chi connectivity index (χ3n) is 2.37. The quantitative estimate of drug-likeness (QED) is 0.832. The summed E-state index contributed by atoms with van der Waals surface area (Å²) in [6, 6.07) is 0.873. The average molecular weight is 368 g/mol. The molecule has 20 heavy (non-hydrogen) atoms. The largest absolute Gasteiger partial charge is 0.480 e. The van der Waals surface area contributed by atoms with Gasteiger partial charge in [0.2, 0.25) is 0 Å². The molecule has 1 aromatic rings. The molecule has 0 aliphatic heterocycles. The van der Waals surface area contributed by atoms with Crippen LogP contribution in [0.25, 0.3) is 0 Å². The second-order valence-electron chi connectivity index (χ2n) is 4.07. The van der Waals surface area contributed by atoms with Gasteiger partial charge < -0.3 is 10.4 Å². The smallest absolute Gasteiger partial charge is 0.325 e. The second-order valence-corrected chi connectivity index (χ2v) is 6.97. The number of hydrogen-bond donors (Lipinski definition) is 2.